The molecule has 0 unspecified atom stereocenters. The summed E-state index contributed by atoms with van der Waals surface area (Å²) in [5, 5.41) is 2.81. The molecule has 0 saturated heterocycles. The molecule has 176 valence electrons. The Morgan fingerprint density at radius 2 is 1.44 bits per heavy atom. The molecule has 0 aliphatic carbocycles. The van der Waals surface area contributed by atoms with E-state index < -0.39 is 20.8 Å². The van der Waals surface area contributed by atoms with Crippen LogP contribution in [0.5, 0.6) is 0 Å². The monoisotopic (exact) mass is 552 g/mol. The van der Waals surface area contributed by atoms with Gasteiger partial charge in [-0.25, -0.2) is 0 Å². The van der Waals surface area contributed by atoms with Crippen molar-refractivity contribution < 1.29 is 25.6 Å². The summed E-state index contributed by atoms with van der Waals surface area (Å²) in [6.07, 6.45) is 6.23. The van der Waals surface area contributed by atoms with Gasteiger partial charge in [0.25, 0.3) is 0 Å². The van der Waals surface area contributed by atoms with Crippen LogP contribution < -0.4 is 0 Å². The molecule has 0 N–H and O–H groups in total. The molecule has 3 aromatic rings. The van der Waals surface area contributed by atoms with Gasteiger partial charge < -0.3 is 4.74 Å². The van der Waals surface area contributed by atoms with E-state index in [2.05, 4.69) is 90.9 Å². The number of halogens is 2. The maximum absolute atomic E-state index is 5.74. The predicted octanol–water partition coefficient (Wildman–Crippen LogP) is 9.49. The molecule has 4 heteroatoms. The van der Waals surface area contributed by atoms with Gasteiger partial charge in [0.2, 0.25) is 0 Å². The molecule has 0 aliphatic heterocycles. The van der Waals surface area contributed by atoms with Crippen molar-refractivity contribution in [3.05, 3.63) is 70.3 Å². The summed E-state index contributed by atoms with van der Waals surface area (Å²) in [7, 11) is 9.87. The van der Waals surface area contributed by atoms with Crippen LogP contribution in [0.15, 0.2) is 42.5 Å². The molecule has 0 spiro atoms. The van der Waals surface area contributed by atoms with E-state index in [1.54, 1.807) is 0 Å². The molecule has 3 aromatic carbocycles. The van der Waals surface area contributed by atoms with E-state index in [0.29, 0.717) is 0 Å². The number of ether oxygens (including phenoxy) is 1. The predicted molar refractivity (Wildman–Crippen MR) is 140 cm³/mol. The molecule has 0 radical (unpaired) electrons. The number of rotatable bonds is 7. The van der Waals surface area contributed by atoms with Crippen molar-refractivity contribution in [1.82, 2.24) is 0 Å². The van der Waals surface area contributed by atoms with E-state index in [-0.39, 0.29) is 5.60 Å². The quantitative estimate of drug-likeness (QED) is 0.209. The van der Waals surface area contributed by atoms with E-state index in [1.807, 2.05) is 0 Å². The molecule has 0 fully saturated rings. The first kappa shape index (κ1) is 29.6. The van der Waals surface area contributed by atoms with Gasteiger partial charge in [-0.1, -0.05) is 59.4 Å². The summed E-state index contributed by atoms with van der Waals surface area (Å²) in [5.74, 6) is 0. The van der Waals surface area contributed by atoms with Crippen LogP contribution in [-0.2, 0) is 32.0 Å². The number of aryl methyl sites for hydroxylation is 3. The third-order valence-corrected chi connectivity index (χ3v) is 5.82. The number of benzene rings is 1. The SMILES string of the molecule is CC(C)(C)OCCCCCCc1c[cH-]c2ccccc12.Cc1[cH-]c(C)c(C)c1C.[Cl][Zr+2][Cl]. The van der Waals surface area contributed by atoms with Crippen molar-refractivity contribution in [2.24, 2.45) is 0 Å². The molecule has 0 heterocycles. The van der Waals surface area contributed by atoms with E-state index in [4.69, 9.17) is 21.8 Å². The molecular formula is C28H40Cl2OZr. The molecule has 0 atom stereocenters. The fourth-order valence-corrected chi connectivity index (χ4v) is 3.72. The van der Waals surface area contributed by atoms with Crippen LogP contribution >= 0.6 is 17.0 Å². The van der Waals surface area contributed by atoms with Crippen molar-refractivity contribution in [2.45, 2.75) is 86.2 Å². The first-order valence-corrected chi connectivity index (χ1v) is 17.9. The Morgan fingerprint density at radius 3 is 1.97 bits per heavy atom. The van der Waals surface area contributed by atoms with E-state index in [1.165, 1.54) is 70.7 Å². The van der Waals surface area contributed by atoms with Crippen molar-refractivity contribution >= 4 is 27.8 Å². The van der Waals surface area contributed by atoms with Crippen LogP contribution in [0, 0.1) is 27.7 Å². The van der Waals surface area contributed by atoms with Gasteiger partial charge in [-0.3, -0.25) is 0 Å². The standard InChI is InChI=1S/C19H27O.C9H13.2ClH.Zr/c1-19(2,3)20-15-9-5-4-6-10-16-13-14-17-11-7-8-12-18(16)17;1-6-5-7(2)9(4)8(6)3;;;/h7-8,11-14H,4-6,9-10,15H2,1-3H3;5H,1-4H3;2*1H;/q2*-1;;;+4/p-2. The zero-order valence-corrected chi connectivity index (χ0v) is 24.9. The van der Waals surface area contributed by atoms with Crippen LogP contribution in [-0.4, -0.2) is 12.2 Å². The summed E-state index contributed by atoms with van der Waals surface area (Å²) in [6, 6.07) is 15.4. The summed E-state index contributed by atoms with van der Waals surface area (Å²) >= 11 is -0.826. The van der Waals surface area contributed by atoms with Gasteiger partial charge >= 0.3 is 37.9 Å². The van der Waals surface area contributed by atoms with Crippen LogP contribution in [0.25, 0.3) is 10.8 Å². The Balaban J connectivity index is 0.000000354. The Bertz CT molecular complexity index is 879. The van der Waals surface area contributed by atoms with Crippen LogP contribution in [0.2, 0.25) is 0 Å². The van der Waals surface area contributed by atoms with Gasteiger partial charge in [0.05, 0.1) is 5.60 Å². The average Bonchev–Trinajstić information content (AvgIpc) is 3.24. The molecular weight excluding hydrogens is 514 g/mol. The Labute approximate surface area is 215 Å². The van der Waals surface area contributed by atoms with E-state index >= 15 is 0 Å². The molecule has 0 amide bonds. The molecule has 32 heavy (non-hydrogen) atoms. The summed E-state index contributed by atoms with van der Waals surface area (Å²) < 4.78 is 5.74. The van der Waals surface area contributed by atoms with Gasteiger partial charge in [-0.15, -0.1) is 41.1 Å². The topological polar surface area (TPSA) is 9.23 Å². The molecule has 0 saturated carbocycles. The number of hydrogen-bond donors (Lipinski definition) is 0. The fraction of sp³-hybridized carbons (Fsp3) is 0.500. The van der Waals surface area contributed by atoms with Gasteiger partial charge in [0, 0.05) is 6.61 Å². The minimum absolute atomic E-state index is 0.00814. The second-order valence-corrected chi connectivity index (χ2v) is 13.1. The molecule has 0 bridgehead atoms. The van der Waals surface area contributed by atoms with Gasteiger partial charge in [0.15, 0.2) is 0 Å². The van der Waals surface area contributed by atoms with Crippen molar-refractivity contribution in [3.63, 3.8) is 0 Å². The second-order valence-electron chi connectivity index (χ2n) is 9.40. The Hall–Kier alpha value is -0.397. The molecule has 1 nitrogen and oxygen atoms in total. The van der Waals surface area contributed by atoms with Crippen molar-refractivity contribution in [1.29, 1.82) is 0 Å². The van der Waals surface area contributed by atoms with Crippen molar-refractivity contribution in [2.75, 3.05) is 6.61 Å². The average molecular weight is 555 g/mol. The van der Waals surface area contributed by atoms with Crippen LogP contribution in [0.1, 0.15) is 74.3 Å². The van der Waals surface area contributed by atoms with Gasteiger partial charge in [-0.2, -0.15) is 33.9 Å². The number of hydrogen-bond acceptors (Lipinski definition) is 1. The summed E-state index contributed by atoms with van der Waals surface area (Å²) in [5.41, 5.74) is 7.26. The minimum atomic E-state index is -0.826. The maximum atomic E-state index is 5.74. The first-order valence-electron chi connectivity index (χ1n) is 11.5. The fourth-order valence-electron chi connectivity index (χ4n) is 3.72. The molecule has 0 aromatic heterocycles. The third-order valence-electron chi connectivity index (χ3n) is 5.82. The van der Waals surface area contributed by atoms with Crippen molar-refractivity contribution in [3.8, 4) is 0 Å². The summed E-state index contributed by atoms with van der Waals surface area (Å²) in [4.78, 5) is 0. The van der Waals surface area contributed by atoms with Crippen LogP contribution in [0.4, 0.5) is 0 Å². The molecule has 0 aliphatic rings. The molecule has 3 rings (SSSR count). The third kappa shape index (κ3) is 11.2. The first-order chi connectivity index (χ1) is 15.1. The van der Waals surface area contributed by atoms with E-state index in [0.717, 1.165) is 6.61 Å². The number of fused-ring (bicyclic) bond motifs is 1. The number of unbranched alkanes of at least 4 members (excludes halogenated alkanes) is 3. The normalized spacial score (nSPS) is 10.8. The Morgan fingerprint density at radius 1 is 0.875 bits per heavy atom. The second kappa shape index (κ2) is 15.5. The van der Waals surface area contributed by atoms with Gasteiger partial charge in [0.1, 0.15) is 0 Å². The summed E-state index contributed by atoms with van der Waals surface area (Å²) in [6.45, 7) is 15.9. The zero-order valence-electron chi connectivity index (χ0n) is 20.9. The van der Waals surface area contributed by atoms with Gasteiger partial charge in [-0.05, 0) is 27.2 Å². The Kier molecular flexibility index (Phi) is 14.3. The zero-order chi connectivity index (χ0) is 24.1. The van der Waals surface area contributed by atoms with Crippen LogP contribution in [0.3, 0.4) is 0 Å². The van der Waals surface area contributed by atoms with E-state index in [9.17, 15) is 0 Å².